The second-order valence-electron chi connectivity index (χ2n) is 17.8. The fraction of sp³-hybridized carbons (Fsp3) is 0.380. The summed E-state index contributed by atoms with van der Waals surface area (Å²) >= 11 is 1.77. The molecule has 2 fully saturated rings. The van der Waals surface area contributed by atoms with Crippen molar-refractivity contribution in [3.8, 4) is 10.8 Å². The van der Waals surface area contributed by atoms with Crippen molar-refractivity contribution in [2.45, 2.75) is 76.9 Å². The number of anilines is 2. The van der Waals surface area contributed by atoms with E-state index < -0.39 is 5.60 Å². The predicted octanol–water partition coefficient (Wildman–Crippen LogP) is 9.17. The summed E-state index contributed by atoms with van der Waals surface area (Å²) < 4.78 is 32.4. The fourth-order valence-corrected chi connectivity index (χ4v) is 11.7. The van der Waals surface area contributed by atoms with Gasteiger partial charge in [-0.15, -0.1) is 21.5 Å². The highest BCUT2D eigenvalue weighted by Crippen LogP contribution is 2.48. The Labute approximate surface area is 366 Å². The molecule has 6 aromatic rings. The van der Waals surface area contributed by atoms with Crippen LogP contribution in [0, 0.1) is 32.4 Å². The molecule has 1 aliphatic carbocycles. The van der Waals surface area contributed by atoms with Crippen LogP contribution in [0.3, 0.4) is 0 Å². The van der Waals surface area contributed by atoms with Gasteiger partial charge < -0.3 is 20.0 Å². The lowest BCUT2D eigenvalue weighted by Crippen LogP contribution is -2.55. The summed E-state index contributed by atoms with van der Waals surface area (Å²) in [7, 11) is 0. The largest absolute Gasteiger partial charge is 0.508 e. The van der Waals surface area contributed by atoms with Crippen molar-refractivity contribution in [1.82, 2.24) is 19.7 Å². The van der Waals surface area contributed by atoms with Crippen molar-refractivity contribution in [3.63, 3.8) is 0 Å². The standard InChI is InChI=1S/C50H53F2N7O2S/c1-30-32(3)62-49-45(30)47(53-31(2)48-55-54-33(4)59(48)49)35-7-12-38(13-8-35)57-21-19-50(61,20-22-57)29-56-23-25-58(26-24-56)39-14-17-43(44(52)28-39)46-41(34-5-10-37(51)11-6-34)16-9-36-27-40(60)15-18-42(36)46/h5-8,10-15,17-18,27-28,31,41,46,60-61H,9,16,19-26,29H2,1-4H3/t31-,41+,46-/m0/s1. The molecule has 0 amide bonds. The molecule has 3 atom stereocenters. The number of hydrogen-bond acceptors (Lipinski definition) is 9. The molecule has 9 nitrogen and oxygen atoms in total. The number of benzene rings is 4. The number of aryl methyl sites for hydroxylation is 3. The number of aromatic hydroxyl groups is 1. The van der Waals surface area contributed by atoms with Gasteiger partial charge in [-0.1, -0.05) is 36.4 Å². The van der Waals surface area contributed by atoms with Crippen LogP contribution in [0.4, 0.5) is 20.2 Å². The van der Waals surface area contributed by atoms with E-state index in [1.54, 1.807) is 29.5 Å². The molecule has 3 aliphatic heterocycles. The van der Waals surface area contributed by atoms with Crippen LogP contribution in [-0.4, -0.2) is 87.0 Å². The van der Waals surface area contributed by atoms with Gasteiger partial charge in [0, 0.05) is 79.1 Å². The number of halogens is 2. The van der Waals surface area contributed by atoms with Crippen molar-refractivity contribution < 1.29 is 19.0 Å². The molecule has 0 radical (unpaired) electrons. The highest BCUT2D eigenvalue weighted by Gasteiger charge is 2.37. The quantitative estimate of drug-likeness (QED) is 0.166. The zero-order valence-corrected chi connectivity index (χ0v) is 36.6. The highest BCUT2D eigenvalue weighted by atomic mass is 32.1. The molecule has 2 N–H and O–H groups in total. The van der Waals surface area contributed by atoms with Crippen LogP contribution in [0.2, 0.25) is 0 Å². The van der Waals surface area contributed by atoms with Crippen LogP contribution in [0.15, 0.2) is 89.9 Å². The van der Waals surface area contributed by atoms with Crippen molar-refractivity contribution in [2.24, 2.45) is 4.99 Å². The second kappa shape index (κ2) is 16.0. The predicted molar refractivity (Wildman–Crippen MR) is 243 cm³/mol. The van der Waals surface area contributed by atoms with E-state index in [1.165, 1.54) is 22.6 Å². The zero-order valence-electron chi connectivity index (χ0n) is 35.8. The second-order valence-corrected chi connectivity index (χ2v) is 19.0. The first-order valence-electron chi connectivity index (χ1n) is 22.0. The van der Waals surface area contributed by atoms with Crippen LogP contribution in [0.25, 0.3) is 5.00 Å². The third kappa shape index (κ3) is 7.39. The molecule has 12 heteroatoms. The Morgan fingerprint density at radius 2 is 1.48 bits per heavy atom. The summed E-state index contributed by atoms with van der Waals surface area (Å²) in [6.45, 7) is 13.6. The number of fused-ring (bicyclic) bond motifs is 4. The number of β-amino-alcohol motifs (C(OH)–C–C–N with tert-alkyl or cyclic N) is 1. The van der Waals surface area contributed by atoms with E-state index >= 15 is 4.39 Å². The van der Waals surface area contributed by atoms with E-state index in [2.05, 4.69) is 74.5 Å². The van der Waals surface area contributed by atoms with E-state index in [9.17, 15) is 14.6 Å². The fourth-order valence-electron chi connectivity index (χ4n) is 10.5. The number of phenols is 1. The summed E-state index contributed by atoms with van der Waals surface area (Å²) in [4.78, 5) is 13.4. The van der Waals surface area contributed by atoms with Gasteiger partial charge in [-0.25, -0.2) is 8.78 Å². The number of aliphatic hydroxyl groups is 1. The van der Waals surface area contributed by atoms with Gasteiger partial charge in [0.1, 0.15) is 34.3 Å². The smallest absolute Gasteiger partial charge is 0.162 e. The highest BCUT2D eigenvalue weighted by molar-refractivity contribution is 7.15. The average molecular weight is 854 g/mol. The molecule has 62 heavy (non-hydrogen) atoms. The minimum Gasteiger partial charge on any atom is -0.508 e. The van der Waals surface area contributed by atoms with Gasteiger partial charge in [-0.2, -0.15) is 0 Å². The maximum Gasteiger partial charge on any atom is 0.162 e. The minimum atomic E-state index is -0.770. The Bertz CT molecular complexity index is 2660. The van der Waals surface area contributed by atoms with Gasteiger partial charge in [-0.05, 0) is 136 Å². The average Bonchev–Trinajstić information content (AvgIpc) is 3.76. The summed E-state index contributed by atoms with van der Waals surface area (Å²) in [5.74, 6) is 1.12. The number of rotatable bonds is 7. The molecule has 0 spiro atoms. The Balaban J connectivity index is 0.772. The summed E-state index contributed by atoms with van der Waals surface area (Å²) in [5, 5.41) is 32.1. The van der Waals surface area contributed by atoms with E-state index in [-0.39, 0.29) is 35.3 Å². The van der Waals surface area contributed by atoms with Crippen molar-refractivity contribution in [1.29, 1.82) is 0 Å². The molecule has 0 unspecified atom stereocenters. The topological polar surface area (TPSA) is 93.2 Å². The summed E-state index contributed by atoms with van der Waals surface area (Å²) in [5.41, 5.74) is 9.33. The maximum absolute atomic E-state index is 16.4. The number of piperidine rings is 1. The van der Waals surface area contributed by atoms with Crippen molar-refractivity contribution in [2.75, 3.05) is 55.6 Å². The number of thiophene rings is 1. The van der Waals surface area contributed by atoms with Gasteiger partial charge >= 0.3 is 0 Å². The van der Waals surface area contributed by atoms with Crippen LogP contribution < -0.4 is 9.80 Å². The lowest BCUT2D eigenvalue weighted by atomic mass is 9.69. The van der Waals surface area contributed by atoms with Gasteiger partial charge in [0.05, 0.1) is 11.3 Å². The van der Waals surface area contributed by atoms with Crippen LogP contribution >= 0.6 is 11.3 Å². The van der Waals surface area contributed by atoms with Gasteiger partial charge in [0.2, 0.25) is 0 Å². The number of aliphatic imine (C=N–C) groups is 1. The minimum absolute atomic E-state index is 0.0230. The molecule has 0 saturated carbocycles. The van der Waals surface area contributed by atoms with Crippen LogP contribution in [0.5, 0.6) is 5.75 Å². The van der Waals surface area contributed by atoms with E-state index in [0.29, 0.717) is 24.9 Å². The van der Waals surface area contributed by atoms with Gasteiger partial charge in [0.15, 0.2) is 5.82 Å². The zero-order chi connectivity index (χ0) is 42.9. The van der Waals surface area contributed by atoms with Gasteiger partial charge in [-0.3, -0.25) is 14.5 Å². The monoisotopic (exact) mass is 853 g/mol. The third-order valence-corrected chi connectivity index (χ3v) is 15.2. The maximum atomic E-state index is 16.4. The lowest BCUT2D eigenvalue weighted by molar-refractivity contribution is -0.0173. The summed E-state index contributed by atoms with van der Waals surface area (Å²) in [6, 6.07) is 26.2. The molecule has 2 saturated heterocycles. The molecular weight excluding hydrogens is 801 g/mol. The number of piperazine rings is 1. The van der Waals surface area contributed by atoms with Crippen LogP contribution in [-0.2, 0) is 6.42 Å². The van der Waals surface area contributed by atoms with E-state index in [0.717, 1.165) is 114 Å². The number of aromatic nitrogens is 3. The first kappa shape index (κ1) is 40.6. The number of nitrogens with zero attached hydrogens (tertiary/aromatic N) is 7. The molecule has 320 valence electrons. The lowest BCUT2D eigenvalue weighted by Gasteiger charge is -2.44. The number of phenolic OH excluding ortho intramolecular Hbond substituents is 1. The van der Waals surface area contributed by atoms with E-state index in [4.69, 9.17) is 4.99 Å². The Hall–Kier alpha value is -5.43. The number of hydrogen-bond donors (Lipinski definition) is 2. The van der Waals surface area contributed by atoms with Crippen molar-refractivity contribution in [3.05, 3.63) is 152 Å². The van der Waals surface area contributed by atoms with E-state index in [1.807, 2.05) is 37.3 Å². The Morgan fingerprint density at radius 3 is 2.21 bits per heavy atom. The molecule has 0 bridgehead atoms. The third-order valence-electron chi connectivity index (χ3n) is 14.0. The molecule has 4 aliphatic rings. The molecule has 4 aromatic carbocycles. The molecule has 10 rings (SSSR count). The van der Waals surface area contributed by atoms with Crippen LogP contribution in [0.1, 0.15) is 99.5 Å². The summed E-state index contributed by atoms with van der Waals surface area (Å²) in [6.07, 6.45) is 2.90. The molecular formula is C50H53F2N7O2S. The first-order chi connectivity index (χ1) is 29.9. The molecule has 5 heterocycles. The van der Waals surface area contributed by atoms with Crippen molar-refractivity contribution >= 4 is 28.4 Å². The Morgan fingerprint density at radius 1 is 0.790 bits per heavy atom. The Kier molecular flexibility index (Phi) is 10.5. The SMILES string of the molecule is Cc1sc2c(c1C)C(c1ccc(N3CCC(O)(CN4CCN(c5ccc([C@@H]6c7ccc(O)cc7CC[C@@H]6c6ccc(F)cc6)c(F)c5)CC4)CC3)cc1)=N[C@@H](C)c1nnc(C)n1-2. The first-order valence-corrected chi connectivity index (χ1v) is 22.8. The normalized spacial score (nSPS) is 21.2. The van der Waals surface area contributed by atoms with Gasteiger partial charge in [0.25, 0.3) is 0 Å². The molecule has 2 aromatic heterocycles.